The zero-order chi connectivity index (χ0) is 16.2. The third-order valence-electron chi connectivity index (χ3n) is 3.93. The molecule has 0 saturated carbocycles. The highest BCUT2D eigenvalue weighted by Gasteiger charge is 2.17. The van der Waals surface area contributed by atoms with Gasteiger partial charge in [-0.1, -0.05) is 11.4 Å². The van der Waals surface area contributed by atoms with Crippen molar-refractivity contribution in [2.45, 2.75) is 13.3 Å². The van der Waals surface area contributed by atoms with Crippen LogP contribution in [0.2, 0.25) is 0 Å². The number of piperazine rings is 1. The van der Waals surface area contributed by atoms with Crippen LogP contribution >= 0.6 is 11.5 Å². The number of nitrogens with one attached hydrogen (secondary N) is 1. The molecule has 1 aliphatic rings. The van der Waals surface area contributed by atoms with Gasteiger partial charge in [0, 0.05) is 26.2 Å². The summed E-state index contributed by atoms with van der Waals surface area (Å²) in [5.41, 5.74) is 1.41. The summed E-state index contributed by atoms with van der Waals surface area (Å²) in [5, 5.41) is 6.82. The van der Waals surface area contributed by atoms with E-state index in [2.05, 4.69) is 36.7 Å². The van der Waals surface area contributed by atoms with Gasteiger partial charge in [-0.05, 0) is 37.1 Å². The normalized spacial score (nSPS) is 15.7. The molecule has 0 radical (unpaired) electrons. The van der Waals surface area contributed by atoms with E-state index < -0.39 is 0 Å². The first kappa shape index (κ1) is 15.8. The number of rotatable bonds is 4. The summed E-state index contributed by atoms with van der Waals surface area (Å²) in [7, 11) is 2.13. The highest BCUT2D eigenvalue weighted by molar-refractivity contribution is 7.08. The van der Waals surface area contributed by atoms with E-state index >= 15 is 0 Å². The molecule has 23 heavy (non-hydrogen) atoms. The van der Waals surface area contributed by atoms with Gasteiger partial charge in [0.25, 0.3) is 5.91 Å². The molecule has 1 fully saturated rings. The lowest BCUT2D eigenvalue weighted by molar-refractivity contribution is 0.102. The van der Waals surface area contributed by atoms with Gasteiger partial charge in [0.05, 0.1) is 17.6 Å². The summed E-state index contributed by atoms with van der Waals surface area (Å²) < 4.78 is 3.84. The molecule has 0 spiro atoms. The fourth-order valence-corrected chi connectivity index (χ4v) is 3.13. The van der Waals surface area contributed by atoms with Gasteiger partial charge >= 0.3 is 0 Å². The number of carbonyl (C=O) groups excluding carboxylic acids is 1. The molecule has 0 atom stereocenters. The number of pyridine rings is 1. The van der Waals surface area contributed by atoms with Gasteiger partial charge in [0.2, 0.25) is 0 Å². The van der Waals surface area contributed by atoms with E-state index in [-0.39, 0.29) is 5.91 Å². The minimum absolute atomic E-state index is 0.175. The zero-order valence-electron chi connectivity index (χ0n) is 13.3. The van der Waals surface area contributed by atoms with Gasteiger partial charge in [-0.3, -0.25) is 4.79 Å². The Hall–Kier alpha value is -2.06. The number of amides is 1. The lowest BCUT2D eigenvalue weighted by Crippen LogP contribution is -2.44. The summed E-state index contributed by atoms with van der Waals surface area (Å²) in [5.74, 6) is 0.774. The standard InChI is InChI=1S/C15H20N6OS/c1-3-12-14(23-19-18-12)15(22)17-11-4-5-13(16-10-11)21-8-6-20(2)7-9-21/h4-5,10H,3,6-9H2,1-2H3,(H,17,22). The first-order chi connectivity index (χ1) is 11.2. The highest BCUT2D eigenvalue weighted by atomic mass is 32.1. The van der Waals surface area contributed by atoms with Crippen molar-refractivity contribution < 1.29 is 4.79 Å². The first-order valence-electron chi connectivity index (χ1n) is 7.69. The molecule has 0 aliphatic carbocycles. The van der Waals surface area contributed by atoms with Gasteiger partial charge in [-0.2, -0.15) is 0 Å². The van der Waals surface area contributed by atoms with Crippen molar-refractivity contribution in [2.75, 3.05) is 43.4 Å². The van der Waals surface area contributed by atoms with Crippen LogP contribution in [0.5, 0.6) is 0 Å². The van der Waals surface area contributed by atoms with E-state index in [1.165, 1.54) is 0 Å². The number of carbonyl (C=O) groups is 1. The van der Waals surface area contributed by atoms with E-state index in [1.807, 2.05) is 19.1 Å². The van der Waals surface area contributed by atoms with E-state index in [9.17, 15) is 4.79 Å². The number of hydrogen-bond donors (Lipinski definition) is 1. The summed E-state index contributed by atoms with van der Waals surface area (Å²) in [6.45, 7) is 5.99. The quantitative estimate of drug-likeness (QED) is 0.914. The minimum Gasteiger partial charge on any atom is -0.354 e. The molecular formula is C15H20N6OS. The number of hydrogen-bond acceptors (Lipinski definition) is 7. The van der Waals surface area contributed by atoms with Crippen LogP contribution in [-0.2, 0) is 6.42 Å². The van der Waals surface area contributed by atoms with Crippen LogP contribution in [0.15, 0.2) is 18.3 Å². The monoisotopic (exact) mass is 332 g/mol. The molecular weight excluding hydrogens is 312 g/mol. The molecule has 0 aromatic carbocycles. The number of aryl methyl sites for hydroxylation is 1. The van der Waals surface area contributed by atoms with Crippen molar-refractivity contribution in [3.05, 3.63) is 28.9 Å². The molecule has 1 saturated heterocycles. The maximum absolute atomic E-state index is 12.3. The average molecular weight is 332 g/mol. The first-order valence-corrected chi connectivity index (χ1v) is 8.47. The predicted octanol–water partition coefficient (Wildman–Crippen LogP) is 1.50. The fourth-order valence-electron chi connectivity index (χ4n) is 2.48. The minimum atomic E-state index is -0.175. The maximum atomic E-state index is 12.3. The molecule has 2 aromatic heterocycles. The van der Waals surface area contributed by atoms with Crippen LogP contribution in [0, 0.1) is 0 Å². The topological polar surface area (TPSA) is 74.2 Å². The Kier molecular flexibility index (Phi) is 4.82. The SMILES string of the molecule is CCc1nnsc1C(=O)Nc1ccc(N2CCN(C)CC2)nc1. The van der Waals surface area contributed by atoms with Gasteiger partial charge in [0.1, 0.15) is 10.7 Å². The van der Waals surface area contributed by atoms with Crippen molar-refractivity contribution in [2.24, 2.45) is 0 Å². The Labute approximate surface area is 139 Å². The van der Waals surface area contributed by atoms with Crippen LogP contribution < -0.4 is 10.2 Å². The Morgan fingerprint density at radius 3 is 2.74 bits per heavy atom. The molecule has 8 heteroatoms. The van der Waals surface area contributed by atoms with Crippen molar-refractivity contribution in [1.29, 1.82) is 0 Å². The lowest BCUT2D eigenvalue weighted by Gasteiger charge is -2.33. The molecule has 122 valence electrons. The van der Waals surface area contributed by atoms with E-state index in [0.29, 0.717) is 17.0 Å². The van der Waals surface area contributed by atoms with Crippen molar-refractivity contribution in [3.63, 3.8) is 0 Å². The molecule has 3 rings (SSSR count). The number of likely N-dealkylation sites (N-methyl/N-ethyl adjacent to an activating group) is 1. The lowest BCUT2D eigenvalue weighted by atomic mass is 10.3. The molecule has 3 heterocycles. The van der Waals surface area contributed by atoms with Gasteiger partial charge < -0.3 is 15.1 Å². The largest absolute Gasteiger partial charge is 0.354 e. The Balaban J connectivity index is 1.64. The molecule has 2 aromatic rings. The smallest absolute Gasteiger partial charge is 0.269 e. The van der Waals surface area contributed by atoms with Crippen LogP contribution in [0.3, 0.4) is 0 Å². The maximum Gasteiger partial charge on any atom is 0.269 e. The summed E-state index contributed by atoms with van der Waals surface area (Å²) in [6.07, 6.45) is 2.39. The average Bonchev–Trinajstić information content (AvgIpc) is 3.05. The fraction of sp³-hybridized carbons (Fsp3) is 0.467. The van der Waals surface area contributed by atoms with Crippen LogP contribution in [0.4, 0.5) is 11.5 Å². The summed E-state index contributed by atoms with van der Waals surface area (Å²) in [6, 6.07) is 3.84. The van der Waals surface area contributed by atoms with Crippen molar-refractivity contribution >= 4 is 28.9 Å². The van der Waals surface area contributed by atoms with Crippen molar-refractivity contribution in [3.8, 4) is 0 Å². The number of nitrogens with zero attached hydrogens (tertiary/aromatic N) is 5. The van der Waals surface area contributed by atoms with E-state index in [4.69, 9.17) is 0 Å². The van der Waals surface area contributed by atoms with E-state index in [1.54, 1.807) is 6.20 Å². The number of aromatic nitrogens is 3. The second-order valence-electron chi connectivity index (χ2n) is 5.55. The molecule has 1 aliphatic heterocycles. The van der Waals surface area contributed by atoms with Crippen LogP contribution in [0.1, 0.15) is 22.3 Å². The third-order valence-corrected chi connectivity index (χ3v) is 4.70. The molecule has 0 unspecified atom stereocenters. The summed E-state index contributed by atoms with van der Waals surface area (Å²) >= 11 is 1.12. The van der Waals surface area contributed by atoms with Gasteiger partial charge in [-0.25, -0.2) is 4.98 Å². The Morgan fingerprint density at radius 1 is 1.30 bits per heavy atom. The Bertz CT molecular complexity index is 663. The number of anilines is 2. The van der Waals surface area contributed by atoms with Gasteiger partial charge in [-0.15, -0.1) is 5.10 Å². The second kappa shape index (κ2) is 7.01. The second-order valence-corrected chi connectivity index (χ2v) is 6.31. The zero-order valence-corrected chi connectivity index (χ0v) is 14.1. The van der Waals surface area contributed by atoms with Crippen LogP contribution in [-0.4, -0.2) is 58.6 Å². The molecule has 1 N–H and O–H groups in total. The molecule has 1 amide bonds. The third kappa shape index (κ3) is 3.65. The Morgan fingerprint density at radius 2 is 2.09 bits per heavy atom. The van der Waals surface area contributed by atoms with Crippen molar-refractivity contribution in [1.82, 2.24) is 19.5 Å². The molecule has 0 bridgehead atoms. The molecule has 7 nitrogen and oxygen atoms in total. The summed E-state index contributed by atoms with van der Waals surface area (Å²) in [4.78, 5) is 21.9. The van der Waals surface area contributed by atoms with Gasteiger partial charge in [0.15, 0.2) is 0 Å². The predicted molar refractivity (Wildman–Crippen MR) is 91.2 cm³/mol. The van der Waals surface area contributed by atoms with E-state index in [0.717, 1.165) is 49.2 Å². The highest BCUT2D eigenvalue weighted by Crippen LogP contribution is 2.18. The van der Waals surface area contributed by atoms with Crippen LogP contribution in [0.25, 0.3) is 0 Å².